The van der Waals surface area contributed by atoms with Gasteiger partial charge in [-0.3, -0.25) is 0 Å². The molecule has 0 aromatic carbocycles. The van der Waals surface area contributed by atoms with Gasteiger partial charge in [0.2, 0.25) is 0 Å². The molecular weight excluding hydrogens is 120 g/mol. The van der Waals surface area contributed by atoms with Crippen LogP contribution in [0.1, 0.15) is 13.3 Å². The van der Waals surface area contributed by atoms with Gasteiger partial charge in [0.15, 0.2) is 6.61 Å². The molecule has 0 saturated heterocycles. The predicted octanol–water partition coefficient (Wildman–Crippen LogP) is 0.331. The second kappa shape index (κ2) is 5.13. The zero-order valence-electron chi connectivity index (χ0n) is 5.14. The Kier molecular flexibility index (Phi) is 4.56. The number of carbonyl (C=O) groups is 1. The summed E-state index contributed by atoms with van der Waals surface area (Å²) >= 11 is 0. The Hall–Kier alpha value is -1.01. The van der Waals surface area contributed by atoms with Gasteiger partial charge in [0, 0.05) is 6.42 Å². The van der Waals surface area contributed by atoms with E-state index in [9.17, 15) is 9.90 Å². The normalized spacial score (nSPS) is 7.33. The number of ether oxygens (including phenoxy) is 1. The highest BCUT2D eigenvalue weighted by atomic mass is 16.5. The molecule has 0 spiro atoms. The van der Waals surface area contributed by atoms with E-state index in [1.54, 1.807) is 0 Å². The number of hydrogen-bond donors (Lipinski definition) is 0. The highest BCUT2D eigenvalue weighted by Gasteiger charge is 1.95. The summed E-state index contributed by atoms with van der Waals surface area (Å²) in [6.45, 7) is 0.955. The van der Waals surface area contributed by atoms with Crippen molar-refractivity contribution in [3.8, 4) is 12.0 Å². The van der Waals surface area contributed by atoms with Crippen molar-refractivity contribution < 1.29 is 14.6 Å². The minimum absolute atomic E-state index is 0.617. The van der Waals surface area contributed by atoms with E-state index in [1.165, 1.54) is 0 Å². The minimum atomic E-state index is -0.863. The van der Waals surface area contributed by atoms with Crippen molar-refractivity contribution in [2.75, 3.05) is 6.61 Å². The molecule has 0 aliphatic rings. The Balaban J connectivity index is 3.37. The van der Waals surface area contributed by atoms with Crippen LogP contribution >= 0.6 is 0 Å². The molecule has 0 aliphatic carbocycles. The van der Waals surface area contributed by atoms with Crippen molar-refractivity contribution in [1.29, 1.82) is 0 Å². The minimum Gasteiger partial charge on any atom is -0.370 e. The molecule has 0 aliphatic heterocycles. The van der Waals surface area contributed by atoms with Crippen molar-refractivity contribution in [2.24, 2.45) is 0 Å². The second-order valence-corrected chi connectivity index (χ2v) is 1.25. The van der Waals surface area contributed by atoms with Gasteiger partial charge in [-0.15, -0.1) is 0 Å². The summed E-state index contributed by atoms with van der Waals surface area (Å²) in [5.74, 6) is 1.66. The van der Waals surface area contributed by atoms with Crippen molar-refractivity contribution in [3.63, 3.8) is 0 Å². The maximum absolute atomic E-state index is 10.0. The van der Waals surface area contributed by atoms with Crippen LogP contribution in [0.15, 0.2) is 0 Å². The molecule has 0 aromatic rings. The summed E-state index contributed by atoms with van der Waals surface area (Å²) in [5.41, 5.74) is 0. The van der Waals surface area contributed by atoms with Crippen LogP contribution in [-0.4, -0.2) is 12.6 Å². The van der Waals surface area contributed by atoms with E-state index in [4.69, 9.17) is 0 Å². The van der Waals surface area contributed by atoms with Crippen molar-refractivity contribution in [3.05, 3.63) is 0 Å². The van der Waals surface area contributed by atoms with Crippen molar-refractivity contribution in [1.82, 2.24) is 0 Å². The number of hydrogen-bond acceptors (Lipinski definition) is 2. The molecule has 9 heavy (non-hydrogen) atoms. The fraction of sp³-hybridized carbons (Fsp3) is 0.500. The maximum atomic E-state index is 10.0. The van der Waals surface area contributed by atoms with Crippen LogP contribution in [0.3, 0.4) is 0 Å². The first-order valence-corrected chi connectivity index (χ1v) is 2.57. The molecule has 0 saturated carbocycles. The molecule has 0 N–H and O–H groups in total. The SMILES string of the molecule is CCC#COC(=O)C[O]. The molecule has 0 unspecified atom stereocenters. The van der Waals surface area contributed by atoms with Gasteiger partial charge in [-0.2, -0.15) is 0 Å². The third-order valence-electron chi connectivity index (χ3n) is 0.532. The summed E-state index contributed by atoms with van der Waals surface area (Å²) in [5, 5.41) is 9.68. The van der Waals surface area contributed by atoms with Crippen LogP contribution in [0, 0.1) is 12.0 Å². The van der Waals surface area contributed by atoms with E-state index in [0.717, 1.165) is 0 Å². The fourth-order valence-electron chi connectivity index (χ4n) is 0.195. The number of carbonyl (C=O) groups excluding carboxylic acids is 1. The summed E-state index contributed by atoms with van der Waals surface area (Å²) in [6, 6.07) is 0. The fourth-order valence-corrected chi connectivity index (χ4v) is 0.195. The monoisotopic (exact) mass is 127 g/mol. The Labute approximate surface area is 53.6 Å². The molecule has 0 heterocycles. The number of esters is 1. The van der Waals surface area contributed by atoms with E-state index in [0.29, 0.717) is 6.42 Å². The lowest BCUT2D eigenvalue weighted by Crippen LogP contribution is -2.03. The van der Waals surface area contributed by atoms with Crippen molar-refractivity contribution >= 4 is 5.97 Å². The van der Waals surface area contributed by atoms with Crippen molar-refractivity contribution in [2.45, 2.75) is 13.3 Å². The van der Waals surface area contributed by atoms with Gasteiger partial charge in [0.1, 0.15) is 6.11 Å². The van der Waals surface area contributed by atoms with Crippen LogP contribution < -0.4 is 0 Å². The van der Waals surface area contributed by atoms with Crippen LogP contribution in [-0.2, 0) is 14.6 Å². The molecular formula is C6H7O3. The zero-order chi connectivity index (χ0) is 7.11. The van der Waals surface area contributed by atoms with Crippen LogP contribution in [0.2, 0.25) is 0 Å². The summed E-state index contributed by atoms with van der Waals surface area (Å²) in [4.78, 5) is 10.0. The quantitative estimate of drug-likeness (QED) is 0.376. The Morgan fingerprint density at radius 3 is 2.78 bits per heavy atom. The number of rotatable bonds is 1. The van der Waals surface area contributed by atoms with Gasteiger partial charge in [-0.1, -0.05) is 12.8 Å². The van der Waals surface area contributed by atoms with E-state index in [2.05, 4.69) is 16.8 Å². The third-order valence-corrected chi connectivity index (χ3v) is 0.532. The summed E-state index contributed by atoms with van der Waals surface area (Å²) in [7, 11) is 0. The molecule has 0 aromatic heterocycles. The molecule has 3 nitrogen and oxygen atoms in total. The maximum Gasteiger partial charge on any atom is 0.349 e. The summed E-state index contributed by atoms with van der Waals surface area (Å²) < 4.78 is 4.12. The molecule has 0 bridgehead atoms. The van der Waals surface area contributed by atoms with Gasteiger partial charge in [-0.25, -0.2) is 9.90 Å². The lowest BCUT2D eigenvalue weighted by molar-refractivity contribution is -0.141. The Morgan fingerprint density at radius 1 is 1.67 bits per heavy atom. The van der Waals surface area contributed by atoms with Gasteiger partial charge in [-0.05, 0) is 0 Å². The smallest absolute Gasteiger partial charge is 0.349 e. The van der Waals surface area contributed by atoms with Gasteiger partial charge < -0.3 is 4.74 Å². The zero-order valence-corrected chi connectivity index (χ0v) is 5.14. The predicted molar refractivity (Wildman–Crippen MR) is 29.7 cm³/mol. The Bertz CT molecular complexity index is 140. The lowest BCUT2D eigenvalue weighted by atomic mass is 10.5. The highest BCUT2D eigenvalue weighted by molar-refractivity contribution is 5.71. The van der Waals surface area contributed by atoms with Crippen LogP contribution in [0.4, 0.5) is 0 Å². The van der Waals surface area contributed by atoms with E-state index >= 15 is 0 Å². The van der Waals surface area contributed by atoms with E-state index in [1.807, 2.05) is 6.92 Å². The van der Waals surface area contributed by atoms with Crippen LogP contribution in [0.5, 0.6) is 0 Å². The first-order chi connectivity index (χ1) is 4.31. The van der Waals surface area contributed by atoms with E-state index < -0.39 is 12.6 Å². The van der Waals surface area contributed by atoms with Gasteiger partial charge in [0.05, 0.1) is 0 Å². The molecule has 0 amide bonds. The first-order valence-electron chi connectivity index (χ1n) is 2.57. The summed E-state index contributed by atoms with van der Waals surface area (Å²) in [6.07, 6.45) is 2.70. The largest absolute Gasteiger partial charge is 0.370 e. The first kappa shape index (κ1) is 7.99. The Morgan fingerprint density at radius 2 is 2.33 bits per heavy atom. The molecule has 0 fully saturated rings. The molecule has 3 heteroatoms. The molecule has 1 radical (unpaired) electrons. The third kappa shape index (κ3) is 4.85. The average Bonchev–Trinajstić information content (AvgIpc) is 1.89. The molecule has 0 atom stereocenters. The average molecular weight is 127 g/mol. The molecule has 0 rings (SSSR count). The lowest BCUT2D eigenvalue weighted by Gasteiger charge is -1.84. The topological polar surface area (TPSA) is 46.2 Å². The highest BCUT2D eigenvalue weighted by Crippen LogP contribution is 1.73. The van der Waals surface area contributed by atoms with Gasteiger partial charge in [0.25, 0.3) is 0 Å². The van der Waals surface area contributed by atoms with Crippen LogP contribution in [0.25, 0.3) is 0 Å². The van der Waals surface area contributed by atoms with Gasteiger partial charge >= 0.3 is 5.97 Å². The second-order valence-electron chi connectivity index (χ2n) is 1.25. The van der Waals surface area contributed by atoms with E-state index in [-0.39, 0.29) is 0 Å². The molecule has 49 valence electrons. The standard InChI is InChI=1S/C6H7O3/c1-2-3-4-9-6(8)5-7/h2,5H2,1H3.